The average Bonchev–Trinajstić information content (AvgIpc) is 2.90. The summed E-state index contributed by atoms with van der Waals surface area (Å²) in [6.07, 6.45) is 10.8. The Morgan fingerprint density at radius 2 is 1.88 bits per heavy atom. The first kappa shape index (κ1) is 11.0. The van der Waals surface area contributed by atoms with E-state index in [1.54, 1.807) is 0 Å². The number of nitrogens with one attached hydrogen (secondary N) is 1. The summed E-state index contributed by atoms with van der Waals surface area (Å²) in [5, 5.41) is 3.77. The van der Waals surface area contributed by atoms with E-state index >= 15 is 0 Å². The zero-order valence-electron chi connectivity index (χ0n) is 10.5. The van der Waals surface area contributed by atoms with Crippen LogP contribution in [0.1, 0.15) is 51.9 Å². The monoisotopic (exact) mass is 223 g/mol. The molecule has 2 heterocycles. The normalized spacial score (nSPS) is 47.4. The maximum Gasteiger partial charge on any atom is 0.0733 e. The number of fused-ring (bicyclic) bond motifs is 2. The minimum absolute atomic E-state index is 0.549. The van der Waals surface area contributed by atoms with Crippen LogP contribution in [0.15, 0.2) is 0 Å². The molecule has 3 aliphatic rings. The molecule has 0 amide bonds. The van der Waals surface area contributed by atoms with Gasteiger partial charge in [-0.05, 0) is 50.5 Å². The number of hydrogen-bond acceptors (Lipinski definition) is 2. The molecule has 2 nitrogen and oxygen atoms in total. The van der Waals surface area contributed by atoms with Crippen molar-refractivity contribution >= 4 is 0 Å². The fraction of sp³-hybridized carbons (Fsp3) is 1.00. The van der Waals surface area contributed by atoms with E-state index in [0.29, 0.717) is 18.2 Å². The van der Waals surface area contributed by atoms with Crippen LogP contribution in [-0.4, -0.2) is 24.8 Å². The Kier molecular flexibility index (Phi) is 3.21. The summed E-state index contributed by atoms with van der Waals surface area (Å²) in [5.41, 5.74) is 0. The Hall–Kier alpha value is -0.0800. The molecule has 3 rings (SSSR count). The molecule has 0 aromatic heterocycles. The Bertz CT molecular complexity index is 235. The van der Waals surface area contributed by atoms with Gasteiger partial charge in [0.15, 0.2) is 0 Å². The predicted octanol–water partition coefficient (Wildman–Crippen LogP) is 2.72. The van der Waals surface area contributed by atoms with E-state index in [1.807, 2.05) is 0 Å². The fourth-order valence-corrected chi connectivity index (χ4v) is 3.70. The van der Waals surface area contributed by atoms with Crippen LogP contribution in [0.2, 0.25) is 0 Å². The Balaban J connectivity index is 1.40. The molecule has 0 aromatic carbocycles. The average molecular weight is 223 g/mol. The lowest BCUT2D eigenvalue weighted by atomic mass is 9.83. The van der Waals surface area contributed by atoms with Gasteiger partial charge in [0.05, 0.1) is 12.2 Å². The van der Waals surface area contributed by atoms with Crippen molar-refractivity contribution < 1.29 is 4.74 Å². The van der Waals surface area contributed by atoms with E-state index in [0.717, 1.165) is 11.8 Å². The highest BCUT2D eigenvalue weighted by molar-refractivity contribution is 4.94. The third kappa shape index (κ3) is 2.28. The molecular formula is C14H25NO. The summed E-state index contributed by atoms with van der Waals surface area (Å²) in [7, 11) is 0. The molecule has 2 aliphatic heterocycles. The first-order chi connectivity index (χ1) is 7.81. The number of ether oxygens (including phenoxy) is 1. The van der Waals surface area contributed by atoms with Gasteiger partial charge in [-0.15, -0.1) is 0 Å². The molecule has 0 spiro atoms. The lowest BCUT2D eigenvalue weighted by molar-refractivity contribution is 0.0965. The molecule has 3 fully saturated rings. The van der Waals surface area contributed by atoms with Crippen LogP contribution in [0.5, 0.6) is 0 Å². The van der Waals surface area contributed by atoms with E-state index in [1.165, 1.54) is 51.5 Å². The second-order valence-electron chi connectivity index (χ2n) is 6.25. The highest BCUT2D eigenvalue weighted by atomic mass is 16.5. The van der Waals surface area contributed by atoms with Crippen LogP contribution in [0.4, 0.5) is 0 Å². The van der Waals surface area contributed by atoms with Crippen molar-refractivity contribution in [2.75, 3.05) is 6.54 Å². The fourth-order valence-electron chi connectivity index (χ4n) is 3.70. The molecule has 0 radical (unpaired) electrons. The van der Waals surface area contributed by atoms with Gasteiger partial charge in [-0.3, -0.25) is 0 Å². The standard InChI is InChI=1S/C14H25NO/c1-10-2-4-11(5-3-10)9-15-13-8-12-6-7-14(13)16-12/h10-15H,2-9H2,1H3. The summed E-state index contributed by atoms with van der Waals surface area (Å²) >= 11 is 0. The van der Waals surface area contributed by atoms with Gasteiger partial charge in [-0.1, -0.05) is 19.8 Å². The second kappa shape index (κ2) is 4.66. The molecule has 0 aromatic rings. The Morgan fingerprint density at radius 3 is 2.50 bits per heavy atom. The van der Waals surface area contributed by atoms with Crippen LogP contribution in [-0.2, 0) is 4.74 Å². The van der Waals surface area contributed by atoms with Crippen molar-refractivity contribution in [2.45, 2.75) is 70.1 Å². The molecule has 2 bridgehead atoms. The molecule has 2 heteroatoms. The van der Waals surface area contributed by atoms with Gasteiger partial charge in [-0.2, -0.15) is 0 Å². The summed E-state index contributed by atoms with van der Waals surface area (Å²) in [6, 6.07) is 0.679. The van der Waals surface area contributed by atoms with Gasteiger partial charge in [0, 0.05) is 6.04 Å². The Morgan fingerprint density at radius 1 is 1.06 bits per heavy atom. The molecule has 1 aliphatic carbocycles. The van der Waals surface area contributed by atoms with Crippen LogP contribution >= 0.6 is 0 Å². The zero-order chi connectivity index (χ0) is 11.0. The molecular weight excluding hydrogens is 198 g/mol. The van der Waals surface area contributed by atoms with Gasteiger partial charge >= 0.3 is 0 Å². The molecule has 3 atom stereocenters. The summed E-state index contributed by atoms with van der Waals surface area (Å²) in [4.78, 5) is 0. The van der Waals surface area contributed by atoms with E-state index in [9.17, 15) is 0 Å². The van der Waals surface area contributed by atoms with Gasteiger partial charge in [0.2, 0.25) is 0 Å². The highest BCUT2D eigenvalue weighted by Crippen LogP contribution is 2.35. The van der Waals surface area contributed by atoms with Crippen molar-refractivity contribution in [3.05, 3.63) is 0 Å². The van der Waals surface area contributed by atoms with Crippen molar-refractivity contribution in [3.63, 3.8) is 0 Å². The summed E-state index contributed by atoms with van der Waals surface area (Å²) < 4.78 is 5.88. The predicted molar refractivity (Wildman–Crippen MR) is 65.4 cm³/mol. The van der Waals surface area contributed by atoms with Crippen molar-refractivity contribution in [3.8, 4) is 0 Å². The maximum atomic E-state index is 5.88. The van der Waals surface area contributed by atoms with Crippen molar-refractivity contribution in [2.24, 2.45) is 11.8 Å². The van der Waals surface area contributed by atoms with Gasteiger partial charge < -0.3 is 10.1 Å². The van der Waals surface area contributed by atoms with Crippen LogP contribution in [0.3, 0.4) is 0 Å². The lowest BCUT2D eigenvalue weighted by Crippen LogP contribution is -2.40. The smallest absolute Gasteiger partial charge is 0.0733 e. The second-order valence-corrected chi connectivity index (χ2v) is 6.25. The van der Waals surface area contributed by atoms with Crippen molar-refractivity contribution in [1.82, 2.24) is 5.32 Å². The lowest BCUT2D eigenvalue weighted by Gasteiger charge is -2.28. The van der Waals surface area contributed by atoms with Gasteiger partial charge in [-0.25, -0.2) is 0 Å². The van der Waals surface area contributed by atoms with E-state index in [2.05, 4.69) is 12.2 Å². The van der Waals surface area contributed by atoms with Crippen LogP contribution in [0, 0.1) is 11.8 Å². The first-order valence-corrected chi connectivity index (χ1v) is 7.20. The van der Waals surface area contributed by atoms with Crippen LogP contribution in [0.25, 0.3) is 0 Å². The number of rotatable bonds is 3. The molecule has 1 N–H and O–H groups in total. The minimum atomic E-state index is 0.549. The molecule has 92 valence electrons. The molecule has 3 unspecified atom stereocenters. The third-order valence-electron chi connectivity index (χ3n) is 4.91. The molecule has 1 saturated carbocycles. The van der Waals surface area contributed by atoms with Gasteiger partial charge in [0.25, 0.3) is 0 Å². The molecule has 16 heavy (non-hydrogen) atoms. The zero-order valence-corrected chi connectivity index (χ0v) is 10.5. The summed E-state index contributed by atoms with van der Waals surface area (Å²) in [6.45, 7) is 3.64. The minimum Gasteiger partial charge on any atom is -0.373 e. The third-order valence-corrected chi connectivity index (χ3v) is 4.91. The topological polar surface area (TPSA) is 21.3 Å². The van der Waals surface area contributed by atoms with Crippen LogP contribution < -0.4 is 5.32 Å². The maximum absolute atomic E-state index is 5.88. The SMILES string of the molecule is CC1CCC(CNC2CC3CCC2O3)CC1. The van der Waals surface area contributed by atoms with E-state index in [-0.39, 0.29) is 0 Å². The Labute approximate surface area is 99.1 Å². The quantitative estimate of drug-likeness (QED) is 0.794. The number of hydrogen-bond donors (Lipinski definition) is 1. The first-order valence-electron chi connectivity index (χ1n) is 7.20. The summed E-state index contributed by atoms with van der Waals surface area (Å²) in [5.74, 6) is 1.91. The highest BCUT2D eigenvalue weighted by Gasteiger charge is 2.40. The van der Waals surface area contributed by atoms with Crippen molar-refractivity contribution in [1.29, 1.82) is 0 Å². The van der Waals surface area contributed by atoms with E-state index in [4.69, 9.17) is 4.74 Å². The van der Waals surface area contributed by atoms with E-state index < -0.39 is 0 Å². The largest absolute Gasteiger partial charge is 0.373 e. The van der Waals surface area contributed by atoms with Gasteiger partial charge in [0.1, 0.15) is 0 Å². The molecule has 2 saturated heterocycles.